The van der Waals surface area contributed by atoms with Gasteiger partial charge in [-0.3, -0.25) is 4.79 Å². The second-order valence-electron chi connectivity index (χ2n) is 6.29. The summed E-state index contributed by atoms with van der Waals surface area (Å²) in [6.45, 7) is 0.571. The van der Waals surface area contributed by atoms with Crippen LogP contribution in [0.4, 0.5) is 4.39 Å². The number of carbonyl (C=O) groups is 1. The van der Waals surface area contributed by atoms with Crippen molar-refractivity contribution in [2.45, 2.75) is 12.8 Å². The summed E-state index contributed by atoms with van der Waals surface area (Å²) < 4.78 is 13.3. The van der Waals surface area contributed by atoms with Crippen molar-refractivity contribution in [1.82, 2.24) is 15.3 Å². The van der Waals surface area contributed by atoms with Gasteiger partial charge in [-0.15, -0.1) is 11.3 Å². The molecule has 0 bridgehead atoms. The number of carbonyl (C=O) groups excluding carboxylic acids is 1. The van der Waals surface area contributed by atoms with Crippen molar-refractivity contribution < 1.29 is 9.18 Å². The third-order valence-electron chi connectivity index (χ3n) is 4.36. The van der Waals surface area contributed by atoms with Crippen molar-refractivity contribution in [3.63, 3.8) is 0 Å². The number of hydrogen-bond donors (Lipinski definition) is 2. The molecule has 0 aliphatic heterocycles. The molecular formula is C21H18FN3OS. The van der Waals surface area contributed by atoms with Crippen LogP contribution < -0.4 is 5.32 Å². The fraction of sp³-hybridized carbons (Fsp3) is 0.143. The molecule has 2 heterocycles. The minimum atomic E-state index is -0.292. The highest BCUT2D eigenvalue weighted by atomic mass is 32.1. The van der Waals surface area contributed by atoms with Crippen LogP contribution in [0, 0.1) is 5.82 Å². The summed E-state index contributed by atoms with van der Waals surface area (Å²) in [7, 11) is 0. The normalized spacial score (nSPS) is 11.0. The summed E-state index contributed by atoms with van der Waals surface area (Å²) >= 11 is 1.41. The van der Waals surface area contributed by atoms with E-state index >= 15 is 0 Å². The number of fused-ring (bicyclic) bond motifs is 1. The third-order valence-corrected chi connectivity index (χ3v) is 5.30. The minimum absolute atomic E-state index is 0.0640. The summed E-state index contributed by atoms with van der Waals surface area (Å²) in [5.41, 5.74) is 3.72. The van der Waals surface area contributed by atoms with Gasteiger partial charge in [-0.05, 0) is 30.2 Å². The average molecular weight is 379 g/mol. The Morgan fingerprint density at radius 3 is 2.96 bits per heavy atom. The summed E-state index contributed by atoms with van der Waals surface area (Å²) in [5, 5.41) is 6.70. The monoisotopic (exact) mass is 379 g/mol. The van der Waals surface area contributed by atoms with Crippen molar-refractivity contribution in [3.8, 4) is 10.6 Å². The van der Waals surface area contributed by atoms with Crippen LogP contribution in [0.5, 0.6) is 0 Å². The summed E-state index contributed by atoms with van der Waals surface area (Å²) in [6, 6.07) is 14.4. The molecule has 0 atom stereocenters. The Morgan fingerprint density at radius 1 is 1.19 bits per heavy atom. The first-order valence-corrected chi connectivity index (χ1v) is 9.59. The van der Waals surface area contributed by atoms with Gasteiger partial charge < -0.3 is 10.3 Å². The lowest BCUT2D eigenvalue weighted by atomic mass is 10.1. The van der Waals surface area contributed by atoms with E-state index in [0.29, 0.717) is 12.2 Å². The maximum atomic E-state index is 13.3. The topological polar surface area (TPSA) is 57.8 Å². The Labute approximate surface area is 160 Å². The van der Waals surface area contributed by atoms with E-state index in [0.717, 1.165) is 22.5 Å². The van der Waals surface area contributed by atoms with Crippen LogP contribution in [0.25, 0.3) is 21.5 Å². The van der Waals surface area contributed by atoms with Gasteiger partial charge in [0.25, 0.3) is 0 Å². The van der Waals surface area contributed by atoms with Gasteiger partial charge in [0, 0.05) is 34.6 Å². The van der Waals surface area contributed by atoms with Crippen molar-refractivity contribution in [3.05, 3.63) is 77.2 Å². The second kappa shape index (κ2) is 7.72. The van der Waals surface area contributed by atoms with Gasteiger partial charge in [0.2, 0.25) is 5.91 Å². The maximum Gasteiger partial charge on any atom is 0.226 e. The highest BCUT2D eigenvalue weighted by Crippen LogP contribution is 2.24. The first-order valence-electron chi connectivity index (χ1n) is 8.71. The zero-order chi connectivity index (χ0) is 18.6. The molecule has 27 heavy (non-hydrogen) atoms. The SMILES string of the molecule is O=C(Cc1csc(-c2cccc(F)c2)n1)NCCc1c[nH]c2ccccc12. The molecule has 0 fully saturated rings. The van der Waals surface area contributed by atoms with Crippen molar-refractivity contribution in [1.29, 1.82) is 0 Å². The number of amides is 1. The van der Waals surface area contributed by atoms with Crippen molar-refractivity contribution in [2.75, 3.05) is 6.54 Å². The molecular weight excluding hydrogens is 361 g/mol. The van der Waals surface area contributed by atoms with E-state index < -0.39 is 0 Å². The van der Waals surface area contributed by atoms with Gasteiger partial charge in [-0.2, -0.15) is 0 Å². The maximum absolute atomic E-state index is 13.3. The quantitative estimate of drug-likeness (QED) is 0.524. The Bertz CT molecular complexity index is 1090. The molecule has 2 aromatic heterocycles. The molecule has 136 valence electrons. The Balaban J connectivity index is 1.32. The Hall–Kier alpha value is -2.99. The van der Waals surface area contributed by atoms with Crippen LogP contribution in [0.2, 0.25) is 0 Å². The van der Waals surface area contributed by atoms with Crippen LogP contribution in [0.15, 0.2) is 60.1 Å². The number of hydrogen-bond acceptors (Lipinski definition) is 3. The molecule has 0 saturated heterocycles. The van der Waals surface area contributed by atoms with Crippen LogP contribution in [-0.2, 0) is 17.6 Å². The van der Waals surface area contributed by atoms with Gasteiger partial charge in [-0.1, -0.05) is 30.3 Å². The molecule has 6 heteroatoms. The predicted octanol–water partition coefficient (Wildman–Crippen LogP) is 4.33. The van der Waals surface area contributed by atoms with Gasteiger partial charge in [0.05, 0.1) is 12.1 Å². The average Bonchev–Trinajstić information content (AvgIpc) is 3.29. The Morgan fingerprint density at radius 2 is 2.07 bits per heavy atom. The first-order chi connectivity index (χ1) is 13.2. The summed E-state index contributed by atoms with van der Waals surface area (Å²) in [4.78, 5) is 19.9. The molecule has 2 N–H and O–H groups in total. The van der Waals surface area contributed by atoms with Crippen LogP contribution in [0.3, 0.4) is 0 Å². The summed E-state index contributed by atoms with van der Waals surface area (Å²) in [6.07, 6.45) is 2.98. The molecule has 0 spiro atoms. The number of halogens is 1. The zero-order valence-electron chi connectivity index (χ0n) is 14.5. The van der Waals surface area contributed by atoms with Gasteiger partial charge >= 0.3 is 0 Å². The molecule has 1 amide bonds. The van der Waals surface area contributed by atoms with E-state index in [4.69, 9.17) is 0 Å². The van der Waals surface area contributed by atoms with Crippen LogP contribution >= 0.6 is 11.3 Å². The van der Waals surface area contributed by atoms with Crippen LogP contribution in [0.1, 0.15) is 11.3 Å². The lowest BCUT2D eigenvalue weighted by Crippen LogP contribution is -2.27. The number of benzene rings is 2. The first kappa shape index (κ1) is 17.4. The van der Waals surface area contributed by atoms with Gasteiger partial charge in [0.1, 0.15) is 10.8 Å². The molecule has 4 nitrogen and oxygen atoms in total. The van der Waals surface area contributed by atoms with Crippen molar-refractivity contribution in [2.24, 2.45) is 0 Å². The third kappa shape index (κ3) is 4.06. The van der Waals surface area contributed by atoms with E-state index in [-0.39, 0.29) is 18.1 Å². The zero-order valence-corrected chi connectivity index (χ0v) is 15.4. The minimum Gasteiger partial charge on any atom is -0.361 e. The molecule has 0 unspecified atom stereocenters. The fourth-order valence-electron chi connectivity index (χ4n) is 3.04. The molecule has 0 radical (unpaired) electrons. The molecule has 0 saturated carbocycles. The number of nitrogens with zero attached hydrogens (tertiary/aromatic N) is 1. The highest BCUT2D eigenvalue weighted by Gasteiger charge is 2.10. The standard InChI is InChI=1S/C21H18FN3OS/c22-16-5-3-4-14(10-16)21-25-17(13-27-21)11-20(26)23-9-8-15-12-24-19-7-2-1-6-18(15)19/h1-7,10,12-13,24H,8-9,11H2,(H,23,26). The van der Waals surface area contributed by atoms with E-state index in [9.17, 15) is 9.18 Å². The lowest BCUT2D eigenvalue weighted by molar-refractivity contribution is -0.120. The lowest BCUT2D eigenvalue weighted by Gasteiger charge is -2.03. The highest BCUT2D eigenvalue weighted by molar-refractivity contribution is 7.13. The van der Waals surface area contributed by atoms with Gasteiger partial charge in [-0.25, -0.2) is 9.37 Å². The van der Waals surface area contributed by atoms with E-state index in [1.54, 1.807) is 6.07 Å². The van der Waals surface area contributed by atoms with E-state index in [2.05, 4.69) is 21.4 Å². The van der Waals surface area contributed by atoms with Crippen molar-refractivity contribution >= 4 is 28.1 Å². The van der Waals surface area contributed by atoms with E-state index in [1.165, 1.54) is 34.4 Å². The fourth-order valence-corrected chi connectivity index (χ4v) is 3.86. The molecule has 0 aliphatic carbocycles. The predicted molar refractivity (Wildman–Crippen MR) is 106 cm³/mol. The number of thiazole rings is 1. The number of aromatic nitrogens is 2. The number of H-pyrrole nitrogens is 1. The van der Waals surface area contributed by atoms with Gasteiger partial charge in [0.15, 0.2) is 0 Å². The molecule has 2 aromatic carbocycles. The van der Waals surface area contributed by atoms with E-state index in [1.807, 2.05) is 35.8 Å². The van der Waals surface area contributed by atoms with Crippen LogP contribution in [-0.4, -0.2) is 22.4 Å². The number of nitrogens with one attached hydrogen (secondary N) is 2. The summed E-state index contributed by atoms with van der Waals surface area (Å²) in [5.74, 6) is -0.356. The molecule has 0 aliphatic rings. The second-order valence-corrected chi connectivity index (χ2v) is 7.15. The smallest absolute Gasteiger partial charge is 0.226 e. The number of para-hydroxylation sites is 1. The molecule has 4 rings (SSSR count). The Kier molecular flexibility index (Phi) is 4.98. The number of rotatable bonds is 6. The largest absolute Gasteiger partial charge is 0.361 e. The number of aromatic amines is 1. The molecule has 4 aromatic rings.